The van der Waals surface area contributed by atoms with Crippen molar-refractivity contribution in [1.82, 2.24) is 0 Å². The van der Waals surface area contributed by atoms with E-state index >= 15 is 0 Å². The Kier molecular flexibility index (Phi) is 5.32. The van der Waals surface area contributed by atoms with Crippen molar-refractivity contribution in [2.45, 2.75) is 74.8 Å². The Hall–Kier alpha value is -3.02. The lowest BCUT2D eigenvalue weighted by Gasteiger charge is -2.63. The van der Waals surface area contributed by atoms with E-state index in [0.717, 1.165) is 12.5 Å². The zero-order valence-corrected chi connectivity index (χ0v) is 20.9. The molecule has 1 heterocycles. The first-order valence-corrected chi connectivity index (χ1v) is 12.7. The second kappa shape index (κ2) is 8.00. The molecule has 0 spiro atoms. The number of benzene rings is 2. The Morgan fingerprint density at radius 1 is 1.16 bits per heavy atom. The summed E-state index contributed by atoms with van der Waals surface area (Å²) in [5, 5.41) is 67.4. The molecule has 2 saturated carbocycles. The van der Waals surface area contributed by atoms with Crippen molar-refractivity contribution in [2.75, 3.05) is 0 Å². The zero-order chi connectivity index (χ0) is 27.4. The van der Waals surface area contributed by atoms with Crippen molar-refractivity contribution in [3.63, 3.8) is 0 Å². The predicted molar refractivity (Wildman–Crippen MR) is 132 cm³/mol. The van der Waals surface area contributed by atoms with Gasteiger partial charge >= 0.3 is 5.97 Å². The summed E-state index contributed by atoms with van der Waals surface area (Å²) in [6.07, 6.45) is 0.299. The summed E-state index contributed by atoms with van der Waals surface area (Å²) in [7, 11) is 0. The second-order valence-corrected chi connectivity index (χ2v) is 11.3. The molecule has 0 aromatic heterocycles. The number of aliphatic hydroxyl groups is 4. The van der Waals surface area contributed by atoms with Gasteiger partial charge in [0.25, 0.3) is 0 Å². The van der Waals surface area contributed by atoms with Crippen LogP contribution in [-0.2, 0) is 4.74 Å². The number of hydrogen-bond donors (Lipinski definition) is 6. The number of aryl methyl sites for hydroxylation is 1. The van der Waals surface area contributed by atoms with E-state index in [1.807, 2.05) is 0 Å². The van der Waals surface area contributed by atoms with Crippen LogP contribution >= 0.6 is 0 Å². The van der Waals surface area contributed by atoms with Crippen LogP contribution in [0.3, 0.4) is 0 Å². The van der Waals surface area contributed by atoms with Gasteiger partial charge in [0.05, 0.1) is 22.1 Å². The van der Waals surface area contributed by atoms with E-state index in [1.54, 1.807) is 19.1 Å². The lowest BCUT2D eigenvalue weighted by Crippen LogP contribution is -2.82. The number of phenols is 1. The van der Waals surface area contributed by atoms with E-state index in [4.69, 9.17) is 9.47 Å². The molecule has 2 bridgehead atoms. The van der Waals surface area contributed by atoms with Gasteiger partial charge < -0.3 is 40.1 Å². The summed E-state index contributed by atoms with van der Waals surface area (Å²) >= 11 is 0. The average Bonchev–Trinajstić information content (AvgIpc) is 3.22. The van der Waals surface area contributed by atoms with Gasteiger partial charge in [0.2, 0.25) is 6.29 Å². The topological polar surface area (TPSA) is 174 Å². The zero-order valence-electron chi connectivity index (χ0n) is 20.9. The predicted octanol–water partition coefficient (Wildman–Crippen LogP) is 1.80. The molecule has 38 heavy (non-hydrogen) atoms. The standard InChI is InChI=1S/C28H30O10/c1-12-8-14-9-15(22(31)32)10-18(20(14)21(30)19(12)13(2)29)37-25-27(35)7-5-17-11-16-4-3-6-26(16,34)24(38-25)28(17,36)23(27)33/h5,7-10,16-17,23-25,30,33-36H,3-4,6,11H2,1-2H3,(H,31,32)/t16-,17+,23-,24-,25-,26+,27-,28-/m1/s1. The van der Waals surface area contributed by atoms with Crippen LogP contribution in [0.4, 0.5) is 0 Å². The molecule has 4 aliphatic rings. The van der Waals surface area contributed by atoms with E-state index in [-0.39, 0.29) is 33.6 Å². The number of carbonyl (C=O) groups excluding carboxylic acids is 1. The van der Waals surface area contributed by atoms with Gasteiger partial charge in [-0.25, -0.2) is 4.79 Å². The molecule has 1 saturated heterocycles. The van der Waals surface area contributed by atoms with Crippen LogP contribution in [0.15, 0.2) is 30.4 Å². The molecule has 0 radical (unpaired) electrons. The van der Waals surface area contributed by atoms with Crippen LogP contribution < -0.4 is 4.74 Å². The van der Waals surface area contributed by atoms with Gasteiger partial charge in [-0.15, -0.1) is 0 Å². The number of aromatic carboxylic acids is 1. The van der Waals surface area contributed by atoms with Crippen molar-refractivity contribution in [2.24, 2.45) is 11.8 Å². The summed E-state index contributed by atoms with van der Waals surface area (Å²) in [6.45, 7) is 2.90. The SMILES string of the molecule is CC(=O)c1c(C)cc2cc(C(=O)O)cc(O[C@@H]3O[C@@H]4[C@]5(O)CCC[C@@H]5C[C@@H]5C=C[C@@]3(O)[C@@H](O)[C@@]45O)c2c1O. The minimum absolute atomic E-state index is 0.0205. The summed E-state index contributed by atoms with van der Waals surface area (Å²) in [5.74, 6) is -3.09. The van der Waals surface area contributed by atoms with Crippen molar-refractivity contribution in [3.8, 4) is 11.5 Å². The number of phenolic OH excluding ortho intramolecular Hbond substituents is 1. The van der Waals surface area contributed by atoms with E-state index in [0.29, 0.717) is 24.8 Å². The van der Waals surface area contributed by atoms with Crippen LogP contribution in [0.1, 0.15) is 58.9 Å². The number of ketones is 1. The van der Waals surface area contributed by atoms with Crippen molar-refractivity contribution < 1.29 is 49.7 Å². The lowest BCUT2D eigenvalue weighted by molar-refractivity contribution is -0.386. The van der Waals surface area contributed by atoms with Gasteiger partial charge in [0, 0.05) is 5.92 Å². The van der Waals surface area contributed by atoms with E-state index in [1.165, 1.54) is 19.1 Å². The smallest absolute Gasteiger partial charge is 0.335 e. The molecule has 0 unspecified atom stereocenters. The number of aliphatic hydroxyl groups excluding tert-OH is 1. The first-order chi connectivity index (χ1) is 17.8. The molecule has 0 amide bonds. The fourth-order valence-electron chi connectivity index (χ4n) is 7.34. The second-order valence-electron chi connectivity index (χ2n) is 11.3. The highest BCUT2D eigenvalue weighted by molar-refractivity contribution is 6.08. The van der Waals surface area contributed by atoms with Gasteiger partial charge in [-0.3, -0.25) is 4.79 Å². The minimum atomic E-state index is -2.27. The molecule has 6 N–H and O–H groups in total. The third kappa shape index (κ3) is 3.12. The number of ether oxygens (including phenoxy) is 2. The molecule has 8 atom stereocenters. The molecule has 3 fully saturated rings. The third-order valence-corrected chi connectivity index (χ3v) is 9.16. The Morgan fingerprint density at radius 3 is 2.58 bits per heavy atom. The monoisotopic (exact) mass is 526 g/mol. The van der Waals surface area contributed by atoms with Crippen LogP contribution in [-0.4, -0.2) is 77.7 Å². The van der Waals surface area contributed by atoms with Crippen molar-refractivity contribution in [1.29, 1.82) is 0 Å². The Labute approximate surface area is 217 Å². The summed E-state index contributed by atoms with van der Waals surface area (Å²) in [4.78, 5) is 24.2. The number of rotatable bonds is 4. The molecule has 10 heteroatoms. The number of carboxylic acids is 1. The highest BCUT2D eigenvalue weighted by atomic mass is 16.7. The number of hydrogen-bond acceptors (Lipinski definition) is 9. The van der Waals surface area contributed by atoms with Crippen molar-refractivity contribution >= 4 is 22.5 Å². The molecule has 6 rings (SSSR count). The number of carboxylic acid groups (broad SMARTS) is 1. The molecule has 10 nitrogen and oxygen atoms in total. The van der Waals surface area contributed by atoms with Gasteiger partial charge in [0.1, 0.15) is 29.3 Å². The summed E-state index contributed by atoms with van der Waals surface area (Å²) < 4.78 is 12.2. The molecule has 1 aliphatic heterocycles. The van der Waals surface area contributed by atoms with E-state index in [9.17, 15) is 40.2 Å². The molecular weight excluding hydrogens is 496 g/mol. The summed E-state index contributed by atoms with van der Waals surface area (Å²) in [6, 6.07) is 4.00. The van der Waals surface area contributed by atoms with Gasteiger partial charge in [-0.2, -0.15) is 0 Å². The van der Waals surface area contributed by atoms with Crippen molar-refractivity contribution in [3.05, 3.63) is 47.0 Å². The van der Waals surface area contributed by atoms with Crippen LogP contribution in [0.2, 0.25) is 0 Å². The third-order valence-electron chi connectivity index (χ3n) is 9.16. The number of aromatic hydroxyl groups is 1. The molecule has 3 aliphatic carbocycles. The Morgan fingerprint density at radius 2 is 1.89 bits per heavy atom. The van der Waals surface area contributed by atoms with Gasteiger partial charge in [-0.1, -0.05) is 18.6 Å². The Balaban J connectivity index is 1.52. The highest BCUT2D eigenvalue weighted by Gasteiger charge is 2.74. The maximum absolute atomic E-state index is 12.3. The Bertz CT molecular complexity index is 1420. The quantitative estimate of drug-likeness (QED) is 0.255. The number of carbonyl (C=O) groups is 2. The fraction of sp³-hybridized carbons (Fsp3) is 0.500. The normalized spacial score (nSPS) is 39.2. The average molecular weight is 527 g/mol. The highest BCUT2D eigenvalue weighted by Crippen LogP contribution is 2.59. The summed E-state index contributed by atoms with van der Waals surface area (Å²) in [5.41, 5.74) is -5.44. The molecule has 202 valence electrons. The van der Waals surface area contributed by atoms with Crippen LogP contribution in [0, 0.1) is 18.8 Å². The van der Waals surface area contributed by atoms with Crippen LogP contribution in [0.25, 0.3) is 10.8 Å². The van der Waals surface area contributed by atoms with E-state index in [2.05, 4.69) is 0 Å². The molecule has 2 aromatic rings. The van der Waals surface area contributed by atoms with E-state index < -0.39 is 58.7 Å². The number of Topliss-reactive ketones (excluding diaryl/α,β-unsaturated/α-hetero) is 1. The first-order valence-electron chi connectivity index (χ1n) is 12.7. The number of fused-ring (bicyclic) bond motifs is 4. The van der Waals surface area contributed by atoms with Crippen LogP contribution in [0.5, 0.6) is 11.5 Å². The maximum Gasteiger partial charge on any atom is 0.335 e. The van der Waals surface area contributed by atoms with Gasteiger partial charge in [-0.05, 0) is 68.2 Å². The maximum atomic E-state index is 12.3. The lowest BCUT2D eigenvalue weighted by atomic mass is 9.55. The minimum Gasteiger partial charge on any atom is -0.506 e. The first kappa shape index (κ1) is 25.3. The largest absolute Gasteiger partial charge is 0.506 e. The molecular formula is C28H30O10. The van der Waals surface area contributed by atoms with Gasteiger partial charge in [0.15, 0.2) is 11.4 Å². The fourth-order valence-corrected chi connectivity index (χ4v) is 7.34. The molecule has 2 aromatic carbocycles.